The molecule has 3 N–H and O–H groups in total. The summed E-state index contributed by atoms with van der Waals surface area (Å²) in [5, 5.41) is 3.70. The summed E-state index contributed by atoms with van der Waals surface area (Å²) in [6, 6.07) is 7.37. The maximum Gasteiger partial charge on any atom is 0.236 e. The first-order chi connectivity index (χ1) is 11.1. The van der Waals surface area contributed by atoms with Gasteiger partial charge in [0.1, 0.15) is 0 Å². The highest BCUT2D eigenvalue weighted by atomic mass is 35.5. The Balaban J connectivity index is 0.00000288. The third-order valence-corrected chi connectivity index (χ3v) is 4.50. The van der Waals surface area contributed by atoms with E-state index in [-0.39, 0.29) is 24.4 Å². The lowest BCUT2D eigenvalue weighted by molar-refractivity contribution is -0.122. The average Bonchev–Trinajstić information content (AvgIpc) is 2.57. The third-order valence-electron chi connectivity index (χ3n) is 4.16. The lowest BCUT2D eigenvalue weighted by Crippen LogP contribution is -2.47. The molecule has 1 aromatic carbocycles. The van der Waals surface area contributed by atoms with Gasteiger partial charge in [-0.05, 0) is 18.1 Å². The fourth-order valence-electron chi connectivity index (χ4n) is 2.84. The molecule has 0 radical (unpaired) electrons. The number of amides is 1. The van der Waals surface area contributed by atoms with Crippen LogP contribution in [-0.4, -0.2) is 49.7 Å². The zero-order valence-corrected chi connectivity index (χ0v) is 15.6. The molecule has 1 saturated heterocycles. The number of nitrogens with two attached hydrogens (primary N) is 1. The van der Waals surface area contributed by atoms with E-state index in [2.05, 4.69) is 10.2 Å². The normalized spacial score (nSPS) is 17.6. The quantitative estimate of drug-likeness (QED) is 0.767. The molecule has 1 heterocycles. The van der Waals surface area contributed by atoms with Gasteiger partial charge in [-0.3, -0.25) is 9.69 Å². The van der Waals surface area contributed by atoms with E-state index < -0.39 is 6.04 Å². The summed E-state index contributed by atoms with van der Waals surface area (Å²) in [6.07, 6.45) is 1.59. The fraction of sp³-hybridized carbons (Fsp3) is 0.588. The Morgan fingerprint density at radius 3 is 2.67 bits per heavy atom. The highest BCUT2D eigenvalue weighted by molar-refractivity contribution is 6.31. The number of morpholine rings is 1. The fourth-order valence-corrected chi connectivity index (χ4v) is 3.10. The van der Waals surface area contributed by atoms with Gasteiger partial charge in [0, 0.05) is 24.7 Å². The highest BCUT2D eigenvalue weighted by Crippen LogP contribution is 2.27. The molecule has 1 fully saturated rings. The monoisotopic (exact) mass is 375 g/mol. The van der Waals surface area contributed by atoms with Crippen molar-refractivity contribution in [3.05, 3.63) is 34.9 Å². The molecule has 1 aliphatic rings. The summed E-state index contributed by atoms with van der Waals surface area (Å²) < 4.78 is 5.43. The lowest BCUT2D eigenvalue weighted by Gasteiger charge is -2.35. The van der Waals surface area contributed by atoms with Crippen LogP contribution in [0.2, 0.25) is 5.02 Å². The number of nitrogens with one attached hydrogen (secondary N) is 1. The minimum absolute atomic E-state index is 0. The van der Waals surface area contributed by atoms with Crippen LogP contribution < -0.4 is 11.1 Å². The Kier molecular flexibility index (Phi) is 9.63. The summed E-state index contributed by atoms with van der Waals surface area (Å²) in [7, 11) is 0. The minimum atomic E-state index is -0.448. The van der Waals surface area contributed by atoms with E-state index in [4.69, 9.17) is 22.1 Å². The van der Waals surface area contributed by atoms with Crippen molar-refractivity contribution in [2.24, 2.45) is 5.73 Å². The Bertz CT molecular complexity index is 510. The van der Waals surface area contributed by atoms with Crippen molar-refractivity contribution in [1.82, 2.24) is 10.2 Å². The van der Waals surface area contributed by atoms with Gasteiger partial charge in [0.25, 0.3) is 0 Å². The lowest BCUT2D eigenvalue weighted by atomic mass is 10.0. The second-order valence-electron chi connectivity index (χ2n) is 5.83. The third kappa shape index (κ3) is 5.90. The first kappa shape index (κ1) is 21.2. The molecule has 24 heavy (non-hydrogen) atoms. The number of hydrogen-bond donors (Lipinski definition) is 2. The van der Waals surface area contributed by atoms with Gasteiger partial charge in [-0.1, -0.05) is 43.1 Å². The van der Waals surface area contributed by atoms with Crippen LogP contribution >= 0.6 is 24.0 Å². The summed E-state index contributed by atoms with van der Waals surface area (Å²) in [5.41, 5.74) is 6.92. The van der Waals surface area contributed by atoms with Crippen molar-refractivity contribution in [2.45, 2.75) is 31.8 Å². The number of halogens is 2. The molecule has 0 spiro atoms. The van der Waals surface area contributed by atoms with Gasteiger partial charge in [0.05, 0.1) is 25.3 Å². The maximum atomic E-state index is 12.1. The largest absolute Gasteiger partial charge is 0.379 e. The SMILES string of the molecule is CCCC(N)C(=O)NCC(c1ccccc1Cl)N1CCOCC1.Cl. The van der Waals surface area contributed by atoms with Crippen molar-refractivity contribution >= 4 is 29.9 Å². The van der Waals surface area contributed by atoms with Gasteiger partial charge >= 0.3 is 0 Å². The van der Waals surface area contributed by atoms with Gasteiger partial charge in [-0.25, -0.2) is 0 Å². The Labute approximate surface area is 155 Å². The number of carbonyl (C=O) groups excluding carboxylic acids is 1. The number of carbonyl (C=O) groups is 1. The zero-order valence-electron chi connectivity index (χ0n) is 14.0. The molecule has 0 aromatic heterocycles. The molecule has 2 atom stereocenters. The van der Waals surface area contributed by atoms with Crippen LogP contribution in [0.25, 0.3) is 0 Å². The molecule has 1 aromatic rings. The molecule has 1 amide bonds. The second-order valence-corrected chi connectivity index (χ2v) is 6.23. The van der Waals surface area contributed by atoms with E-state index in [0.717, 1.165) is 30.1 Å². The topological polar surface area (TPSA) is 67.6 Å². The van der Waals surface area contributed by atoms with E-state index >= 15 is 0 Å². The summed E-state index contributed by atoms with van der Waals surface area (Å²) in [4.78, 5) is 14.4. The first-order valence-electron chi connectivity index (χ1n) is 8.23. The van der Waals surface area contributed by atoms with E-state index in [1.807, 2.05) is 31.2 Å². The van der Waals surface area contributed by atoms with Crippen LogP contribution in [0, 0.1) is 0 Å². The van der Waals surface area contributed by atoms with Gasteiger partial charge in [0.15, 0.2) is 0 Å². The molecular weight excluding hydrogens is 349 g/mol. The van der Waals surface area contributed by atoms with E-state index in [0.29, 0.717) is 26.2 Å². The first-order valence-corrected chi connectivity index (χ1v) is 8.60. The Morgan fingerprint density at radius 2 is 2.04 bits per heavy atom. The van der Waals surface area contributed by atoms with E-state index in [1.165, 1.54) is 0 Å². The van der Waals surface area contributed by atoms with Crippen LogP contribution in [0.1, 0.15) is 31.4 Å². The van der Waals surface area contributed by atoms with Crippen LogP contribution in [0.5, 0.6) is 0 Å². The van der Waals surface area contributed by atoms with Crippen LogP contribution in [0.3, 0.4) is 0 Å². The van der Waals surface area contributed by atoms with Crippen molar-refractivity contribution in [1.29, 1.82) is 0 Å². The molecule has 136 valence electrons. The molecule has 0 aliphatic carbocycles. The maximum absolute atomic E-state index is 12.1. The van der Waals surface area contributed by atoms with E-state index in [9.17, 15) is 4.79 Å². The van der Waals surface area contributed by atoms with Crippen molar-refractivity contribution in [3.63, 3.8) is 0 Å². The van der Waals surface area contributed by atoms with Crippen molar-refractivity contribution < 1.29 is 9.53 Å². The van der Waals surface area contributed by atoms with Gasteiger partial charge in [-0.15, -0.1) is 12.4 Å². The average molecular weight is 376 g/mol. The Hall–Kier alpha value is -0.850. The molecular formula is C17H27Cl2N3O2. The van der Waals surface area contributed by atoms with E-state index in [1.54, 1.807) is 0 Å². The van der Waals surface area contributed by atoms with Gasteiger partial charge < -0.3 is 15.8 Å². The summed E-state index contributed by atoms with van der Waals surface area (Å²) in [5.74, 6) is -0.0998. The molecule has 2 unspecified atom stereocenters. The minimum Gasteiger partial charge on any atom is -0.379 e. The molecule has 5 nitrogen and oxygen atoms in total. The summed E-state index contributed by atoms with van der Waals surface area (Å²) >= 11 is 6.37. The van der Waals surface area contributed by atoms with Crippen LogP contribution in [-0.2, 0) is 9.53 Å². The summed E-state index contributed by atoms with van der Waals surface area (Å²) in [6.45, 7) is 5.57. The van der Waals surface area contributed by atoms with Gasteiger partial charge in [-0.2, -0.15) is 0 Å². The number of rotatable bonds is 7. The standard InChI is InChI=1S/C17H26ClN3O2.ClH/c1-2-5-15(19)17(22)20-12-16(21-8-10-23-11-9-21)13-6-3-4-7-14(13)18;/h3-4,6-7,15-16H,2,5,8-12,19H2,1H3,(H,20,22);1H. The number of ether oxygens (including phenoxy) is 1. The van der Waals surface area contributed by atoms with Crippen molar-refractivity contribution in [2.75, 3.05) is 32.8 Å². The predicted molar refractivity (Wildman–Crippen MR) is 99.7 cm³/mol. The van der Waals surface area contributed by atoms with Crippen molar-refractivity contribution in [3.8, 4) is 0 Å². The molecule has 1 aliphatic heterocycles. The molecule has 0 saturated carbocycles. The predicted octanol–water partition coefficient (Wildman–Crippen LogP) is 2.38. The zero-order chi connectivity index (χ0) is 16.7. The van der Waals surface area contributed by atoms with Crippen LogP contribution in [0.15, 0.2) is 24.3 Å². The molecule has 2 rings (SSSR count). The number of nitrogens with zero attached hydrogens (tertiary/aromatic N) is 1. The number of benzene rings is 1. The van der Waals surface area contributed by atoms with Crippen LogP contribution in [0.4, 0.5) is 0 Å². The second kappa shape index (κ2) is 10.9. The highest BCUT2D eigenvalue weighted by Gasteiger charge is 2.25. The smallest absolute Gasteiger partial charge is 0.236 e. The van der Waals surface area contributed by atoms with Gasteiger partial charge in [0.2, 0.25) is 5.91 Å². The number of hydrogen-bond acceptors (Lipinski definition) is 4. The Morgan fingerprint density at radius 1 is 1.38 bits per heavy atom. The molecule has 0 bridgehead atoms. The molecule has 7 heteroatoms.